The van der Waals surface area contributed by atoms with Gasteiger partial charge in [0.1, 0.15) is 12.3 Å². The summed E-state index contributed by atoms with van der Waals surface area (Å²) in [6, 6.07) is 18.5. The van der Waals surface area contributed by atoms with Gasteiger partial charge in [-0.2, -0.15) is 5.10 Å². The van der Waals surface area contributed by atoms with Crippen molar-refractivity contribution in [2.24, 2.45) is 5.10 Å². The van der Waals surface area contributed by atoms with Gasteiger partial charge in [-0.1, -0.05) is 35.9 Å². The highest BCUT2D eigenvalue weighted by Gasteiger charge is 2.29. The lowest BCUT2D eigenvalue weighted by atomic mass is 10.1. The standard InChI is InChI=1S/C25H24ClN3O6S/c1-3-35-23-7-5-4-6-22(23)29(36(32,33)21-14-12-20(26)13-15-21)17-24(30)28-27-16-18-8-10-19(11-9-18)25(31)34-2/h4-16H,3,17H2,1-2H3,(H,28,30)/b27-16-. The van der Waals surface area contributed by atoms with Crippen LogP contribution < -0.4 is 14.5 Å². The maximum atomic E-state index is 13.5. The predicted molar refractivity (Wildman–Crippen MR) is 137 cm³/mol. The molecule has 0 heterocycles. The van der Waals surface area contributed by atoms with Crippen LogP contribution in [0.25, 0.3) is 0 Å². The molecular weight excluding hydrogens is 506 g/mol. The number of anilines is 1. The zero-order chi connectivity index (χ0) is 26.1. The zero-order valence-electron chi connectivity index (χ0n) is 19.5. The monoisotopic (exact) mass is 529 g/mol. The molecule has 3 rings (SSSR count). The zero-order valence-corrected chi connectivity index (χ0v) is 21.1. The normalized spacial score (nSPS) is 11.2. The van der Waals surface area contributed by atoms with E-state index in [0.717, 1.165) is 4.31 Å². The number of hydrogen-bond acceptors (Lipinski definition) is 7. The first kappa shape index (κ1) is 26.7. The average Bonchev–Trinajstić information content (AvgIpc) is 2.88. The van der Waals surface area contributed by atoms with Gasteiger partial charge in [0, 0.05) is 5.02 Å². The Morgan fingerprint density at radius 3 is 2.33 bits per heavy atom. The van der Waals surface area contributed by atoms with Crippen molar-refractivity contribution in [3.05, 3.63) is 88.9 Å². The van der Waals surface area contributed by atoms with E-state index >= 15 is 0 Å². The van der Waals surface area contributed by atoms with Crippen LogP contribution in [0.3, 0.4) is 0 Å². The summed E-state index contributed by atoms with van der Waals surface area (Å²) in [4.78, 5) is 24.2. The molecule has 0 saturated heterocycles. The molecule has 0 bridgehead atoms. The van der Waals surface area contributed by atoms with Crippen LogP contribution in [0.4, 0.5) is 5.69 Å². The predicted octanol–water partition coefficient (Wildman–Crippen LogP) is 3.87. The van der Waals surface area contributed by atoms with Crippen molar-refractivity contribution in [3.63, 3.8) is 0 Å². The molecule has 9 nitrogen and oxygen atoms in total. The van der Waals surface area contributed by atoms with E-state index < -0.39 is 28.4 Å². The second-order valence-corrected chi connectivity index (χ2v) is 9.57. The lowest BCUT2D eigenvalue weighted by molar-refractivity contribution is -0.119. The number of rotatable bonds is 10. The molecule has 1 amide bonds. The maximum absolute atomic E-state index is 13.5. The molecule has 0 spiro atoms. The lowest BCUT2D eigenvalue weighted by Crippen LogP contribution is -2.39. The minimum atomic E-state index is -4.16. The number of esters is 1. The van der Waals surface area contributed by atoms with Crippen LogP contribution in [0.2, 0.25) is 5.02 Å². The third-order valence-electron chi connectivity index (χ3n) is 4.86. The Labute approximate surface area is 214 Å². The van der Waals surface area contributed by atoms with Crippen molar-refractivity contribution in [1.82, 2.24) is 5.43 Å². The number of hydrazone groups is 1. The fraction of sp³-hybridized carbons (Fsp3) is 0.160. The Hall–Kier alpha value is -3.89. The highest BCUT2D eigenvalue weighted by molar-refractivity contribution is 7.92. The Balaban J connectivity index is 1.84. The number of amides is 1. The molecule has 3 aromatic carbocycles. The first-order valence-electron chi connectivity index (χ1n) is 10.8. The van der Waals surface area contributed by atoms with E-state index in [1.807, 2.05) is 0 Å². The Morgan fingerprint density at radius 2 is 1.69 bits per heavy atom. The summed E-state index contributed by atoms with van der Waals surface area (Å²) in [5.41, 5.74) is 3.51. The molecule has 0 radical (unpaired) electrons. The number of sulfonamides is 1. The Morgan fingerprint density at radius 1 is 1.03 bits per heavy atom. The number of halogens is 1. The summed E-state index contributed by atoms with van der Waals surface area (Å²) < 4.78 is 38.2. The Kier molecular flexibility index (Phi) is 9.04. The van der Waals surface area contributed by atoms with Gasteiger partial charge in [-0.3, -0.25) is 9.10 Å². The topological polar surface area (TPSA) is 114 Å². The minimum Gasteiger partial charge on any atom is -0.492 e. The fourth-order valence-electron chi connectivity index (χ4n) is 3.14. The van der Waals surface area contributed by atoms with E-state index in [0.29, 0.717) is 28.5 Å². The summed E-state index contributed by atoms with van der Waals surface area (Å²) >= 11 is 5.92. The van der Waals surface area contributed by atoms with Crippen LogP contribution in [0.1, 0.15) is 22.8 Å². The quantitative estimate of drug-likeness (QED) is 0.242. The average molecular weight is 530 g/mol. The van der Waals surface area contributed by atoms with Gasteiger partial charge in [0.2, 0.25) is 0 Å². The van der Waals surface area contributed by atoms with Crippen LogP contribution >= 0.6 is 11.6 Å². The molecule has 0 fully saturated rings. The molecular formula is C25H24ClN3O6S. The fourth-order valence-corrected chi connectivity index (χ4v) is 4.70. The molecule has 11 heteroatoms. The summed E-state index contributed by atoms with van der Waals surface area (Å²) in [6.07, 6.45) is 1.37. The molecule has 0 aliphatic heterocycles. The molecule has 0 atom stereocenters. The van der Waals surface area contributed by atoms with Crippen LogP contribution in [-0.2, 0) is 19.6 Å². The first-order valence-corrected chi connectivity index (χ1v) is 12.6. The number of ether oxygens (including phenoxy) is 2. The van der Waals surface area contributed by atoms with E-state index in [9.17, 15) is 18.0 Å². The highest BCUT2D eigenvalue weighted by atomic mass is 35.5. The number of carbonyl (C=O) groups is 2. The van der Waals surface area contributed by atoms with Crippen LogP contribution in [0.5, 0.6) is 5.75 Å². The van der Waals surface area contributed by atoms with E-state index in [2.05, 4.69) is 15.3 Å². The summed E-state index contributed by atoms with van der Waals surface area (Å²) in [6.45, 7) is 1.51. The first-order chi connectivity index (χ1) is 17.3. The Bertz CT molecular complexity index is 1340. The summed E-state index contributed by atoms with van der Waals surface area (Å²) in [5.74, 6) is -0.845. The number of hydrogen-bond donors (Lipinski definition) is 1. The largest absolute Gasteiger partial charge is 0.492 e. The van der Waals surface area contributed by atoms with Gasteiger partial charge in [0.15, 0.2) is 0 Å². The molecule has 188 valence electrons. The third-order valence-corrected chi connectivity index (χ3v) is 6.88. The SMILES string of the molecule is CCOc1ccccc1N(CC(=O)N/N=C\c1ccc(C(=O)OC)cc1)S(=O)(=O)c1ccc(Cl)cc1. The third kappa shape index (κ3) is 6.61. The van der Waals surface area contributed by atoms with Crippen LogP contribution in [0, 0.1) is 0 Å². The van der Waals surface area contributed by atoms with Crippen molar-refractivity contribution in [2.45, 2.75) is 11.8 Å². The van der Waals surface area contributed by atoms with Gasteiger partial charge in [-0.05, 0) is 61.0 Å². The van der Waals surface area contributed by atoms with Crippen molar-refractivity contribution in [3.8, 4) is 5.75 Å². The number of para-hydroxylation sites is 2. The number of carbonyl (C=O) groups excluding carboxylic acids is 2. The maximum Gasteiger partial charge on any atom is 0.337 e. The lowest BCUT2D eigenvalue weighted by Gasteiger charge is -2.25. The minimum absolute atomic E-state index is 0.0415. The van der Waals surface area contributed by atoms with E-state index in [1.54, 1.807) is 55.5 Å². The molecule has 0 aromatic heterocycles. The van der Waals surface area contributed by atoms with Crippen molar-refractivity contribution in [1.29, 1.82) is 0 Å². The molecule has 0 aliphatic rings. The van der Waals surface area contributed by atoms with Gasteiger partial charge < -0.3 is 9.47 Å². The molecule has 3 aromatic rings. The van der Waals surface area contributed by atoms with Gasteiger partial charge in [0.25, 0.3) is 15.9 Å². The molecule has 0 aliphatic carbocycles. The van der Waals surface area contributed by atoms with Crippen molar-refractivity contribution in [2.75, 3.05) is 24.6 Å². The van der Waals surface area contributed by atoms with Crippen LogP contribution in [-0.4, -0.2) is 46.8 Å². The van der Waals surface area contributed by atoms with Crippen LogP contribution in [0.15, 0.2) is 82.8 Å². The van der Waals surface area contributed by atoms with Crippen molar-refractivity contribution >= 4 is 45.4 Å². The number of methoxy groups -OCH3 is 1. The van der Waals surface area contributed by atoms with Gasteiger partial charge in [0.05, 0.1) is 36.1 Å². The second kappa shape index (κ2) is 12.2. The second-order valence-electron chi connectivity index (χ2n) is 7.27. The molecule has 0 unspecified atom stereocenters. The van der Waals surface area contributed by atoms with E-state index in [-0.39, 0.29) is 10.6 Å². The number of nitrogens with zero attached hydrogens (tertiary/aromatic N) is 2. The van der Waals surface area contributed by atoms with E-state index in [1.165, 1.54) is 37.6 Å². The number of nitrogens with one attached hydrogen (secondary N) is 1. The highest BCUT2D eigenvalue weighted by Crippen LogP contribution is 2.32. The van der Waals surface area contributed by atoms with Gasteiger partial charge in [-0.25, -0.2) is 18.6 Å². The van der Waals surface area contributed by atoms with Crippen molar-refractivity contribution < 1.29 is 27.5 Å². The molecule has 1 N–H and O–H groups in total. The summed E-state index contributed by atoms with van der Waals surface area (Å²) in [5, 5.41) is 4.27. The molecule has 0 saturated carbocycles. The van der Waals surface area contributed by atoms with Gasteiger partial charge in [-0.15, -0.1) is 0 Å². The molecule has 36 heavy (non-hydrogen) atoms. The summed E-state index contributed by atoms with van der Waals surface area (Å²) in [7, 11) is -2.87. The smallest absolute Gasteiger partial charge is 0.337 e. The van der Waals surface area contributed by atoms with E-state index in [4.69, 9.17) is 16.3 Å². The number of benzene rings is 3. The van der Waals surface area contributed by atoms with Gasteiger partial charge >= 0.3 is 5.97 Å².